The van der Waals surface area contributed by atoms with Crippen LogP contribution in [0, 0.1) is 44.3 Å². The van der Waals surface area contributed by atoms with Crippen molar-refractivity contribution in [2.24, 2.45) is 44.3 Å². The van der Waals surface area contributed by atoms with Crippen molar-refractivity contribution in [3.05, 3.63) is 23.3 Å². The van der Waals surface area contributed by atoms with E-state index in [0.29, 0.717) is 18.8 Å². The quantitative estimate of drug-likeness (QED) is 0.435. The van der Waals surface area contributed by atoms with Crippen molar-refractivity contribution in [2.45, 2.75) is 105 Å². The van der Waals surface area contributed by atoms with Gasteiger partial charge in [-0.05, 0) is 97.4 Å². The van der Waals surface area contributed by atoms with Gasteiger partial charge in [-0.3, -0.25) is 4.79 Å². The van der Waals surface area contributed by atoms with Gasteiger partial charge in [-0.15, -0.1) is 0 Å². The molecule has 5 aliphatic rings. The van der Waals surface area contributed by atoms with Gasteiger partial charge in [0, 0.05) is 5.41 Å². The molecule has 0 amide bonds. The van der Waals surface area contributed by atoms with Gasteiger partial charge in [0.2, 0.25) is 0 Å². The third-order valence-corrected chi connectivity index (χ3v) is 13.0. The van der Waals surface area contributed by atoms with Crippen LogP contribution in [0.15, 0.2) is 23.3 Å². The first-order chi connectivity index (χ1) is 16.1. The standard InChI is InChI=1S/C30H46O5/c1-25-13-14-29(5)18(19(25)15-27(3,24(34)35)23(33)16-25)7-8-21-26(2)11-10-22(32)28(4,17-31)20(26)9-12-30(21,29)6/h7-8,20-23,31-33H,9-17H2,1-6H3,(H,34,35). The predicted octanol–water partition coefficient (Wildman–Crippen LogP) is 5.10. The smallest absolute Gasteiger partial charge is 0.312 e. The number of allylic oxidation sites excluding steroid dienone is 4. The molecule has 0 aromatic rings. The van der Waals surface area contributed by atoms with Gasteiger partial charge in [-0.25, -0.2) is 0 Å². The Morgan fingerprint density at radius 2 is 1.66 bits per heavy atom. The molecular weight excluding hydrogens is 440 g/mol. The molecule has 4 N–H and O–H groups in total. The lowest BCUT2D eigenvalue weighted by Gasteiger charge is -2.69. The fraction of sp³-hybridized carbons (Fsp3) is 0.833. The second-order valence-electron chi connectivity index (χ2n) is 14.5. The average molecular weight is 487 g/mol. The van der Waals surface area contributed by atoms with Crippen molar-refractivity contribution in [1.29, 1.82) is 0 Å². The highest BCUT2D eigenvalue weighted by molar-refractivity contribution is 5.76. The molecule has 3 fully saturated rings. The van der Waals surface area contributed by atoms with E-state index in [9.17, 15) is 25.2 Å². The van der Waals surface area contributed by atoms with Crippen LogP contribution in [0.1, 0.15) is 92.9 Å². The van der Waals surface area contributed by atoms with E-state index in [1.54, 1.807) is 6.92 Å². The molecule has 10 unspecified atom stereocenters. The van der Waals surface area contributed by atoms with E-state index in [0.717, 1.165) is 38.5 Å². The summed E-state index contributed by atoms with van der Waals surface area (Å²) in [6.45, 7) is 13.3. The lowest BCUT2D eigenvalue weighted by molar-refractivity contribution is -0.198. The second-order valence-corrected chi connectivity index (χ2v) is 14.5. The van der Waals surface area contributed by atoms with E-state index in [1.807, 2.05) is 0 Å². The second kappa shape index (κ2) is 7.45. The zero-order chi connectivity index (χ0) is 25.8. The lowest BCUT2D eigenvalue weighted by Crippen LogP contribution is -2.64. The Bertz CT molecular complexity index is 1000. The summed E-state index contributed by atoms with van der Waals surface area (Å²) in [6.07, 6.45) is 10.1. The number of hydrogen-bond donors (Lipinski definition) is 4. The number of rotatable bonds is 2. The van der Waals surface area contributed by atoms with Crippen LogP contribution < -0.4 is 0 Å². The molecule has 35 heavy (non-hydrogen) atoms. The number of carbonyl (C=O) groups is 1. The average Bonchev–Trinajstić information content (AvgIpc) is 2.79. The molecule has 0 radical (unpaired) electrons. The summed E-state index contributed by atoms with van der Waals surface area (Å²) in [5.74, 6) is -0.308. The van der Waals surface area contributed by atoms with Crippen LogP contribution in [0.3, 0.4) is 0 Å². The zero-order valence-corrected chi connectivity index (χ0v) is 22.5. The minimum atomic E-state index is -1.15. The Morgan fingerprint density at radius 3 is 2.29 bits per heavy atom. The van der Waals surface area contributed by atoms with Gasteiger partial charge >= 0.3 is 5.97 Å². The molecule has 5 heteroatoms. The summed E-state index contributed by atoms with van der Waals surface area (Å²) in [5, 5.41) is 42.2. The van der Waals surface area contributed by atoms with E-state index in [2.05, 4.69) is 46.8 Å². The first-order valence-corrected chi connectivity index (χ1v) is 13.8. The van der Waals surface area contributed by atoms with E-state index >= 15 is 0 Å². The van der Waals surface area contributed by atoms with Crippen molar-refractivity contribution in [1.82, 2.24) is 0 Å². The monoisotopic (exact) mass is 486 g/mol. The minimum absolute atomic E-state index is 0.00148. The van der Waals surface area contributed by atoms with Crippen molar-refractivity contribution in [2.75, 3.05) is 6.61 Å². The normalized spacial score (nSPS) is 55.5. The van der Waals surface area contributed by atoms with Crippen LogP contribution in [0.5, 0.6) is 0 Å². The Labute approximate surface area is 210 Å². The van der Waals surface area contributed by atoms with Crippen LogP contribution in [0.2, 0.25) is 0 Å². The maximum Gasteiger partial charge on any atom is 0.312 e. The molecular formula is C30H46O5. The Kier molecular flexibility index (Phi) is 5.42. The van der Waals surface area contributed by atoms with Crippen LogP contribution in [-0.2, 0) is 4.79 Å². The summed E-state index contributed by atoms with van der Waals surface area (Å²) in [5.41, 5.74) is 0.734. The Morgan fingerprint density at radius 1 is 0.971 bits per heavy atom. The van der Waals surface area contributed by atoms with Crippen molar-refractivity contribution >= 4 is 5.97 Å². The summed E-state index contributed by atoms with van der Waals surface area (Å²) in [7, 11) is 0. The number of aliphatic hydroxyl groups is 3. The molecule has 196 valence electrons. The zero-order valence-electron chi connectivity index (χ0n) is 22.5. The van der Waals surface area contributed by atoms with Crippen molar-refractivity contribution in [3.63, 3.8) is 0 Å². The largest absolute Gasteiger partial charge is 0.481 e. The van der Waals surface area contributed by atoms with Gasteiger partial charge < -0.3 is 20.4 Å². The number of fused-ring (bicyclic) bond motifs is 6. The van der Waals surface area contributed by atoms with Gasteiger partial charge in [0.15, 0.2) is 0 Å². The highest BCUT2D eigenvalue weighted by Crippen LogP contribution is 2.74. The topological polar surface area (TPSA) is 98.0 Å². The molecule has 5 nitrogen and oxygen atoms in total. The third kappa shape index (κ3) is 2.95. The fourth-order valence-electron chi connectivity index (χ4n) is 9.99. The number of carboxylic acids is 1. The highest BCUT2D eigenvalue weighted by Gasteiger charge is 2.67. The first kappa shape index (κ1) is 25.5. The number of carboxylic acid groups (broad SMARTS) is 1. The third-order valence-electron chi connectivity index (χ3n) is 13.0. The number of aliphatic hydroxyl groups excluding tert-OH is 3. The molecule has 0 bridgehead atoms. The maximum atomic E-state index is 12.3. The number of aliphatic carboxylic acids is 1. The van der Waals surface area contributed by atoms with Gasteiger partial charge in [0.25, 0.3) is 0 Å². The molecule has 0 aromatic carbocycles. The van der Waals surface area contributed by atoms with Gasteiger partial charge in [-0.1, -0.05) is 52.3 Å². The summed E-state index contributed by atoms with van der Waals surface area (Å²) < 4.78 is 0. The summed E-state index contributed by atoms with van der Waals surface area (Å²) in [6, 6.07) is 0. The molecule has 5 aliphatic carbocycles. The van der Waals surface area contributed by atoms with Gasteiger partial charge in [0.1, 0.15) is 0 Å². The summed E-state index contributed by atoms with van der Waals surface area (Å²) in [4.78, 5) is 12.3. The van der Waals surface area contributed by atoms with Crippen molar-refractivity contribution < 1.29 is 25.2 Å². The number of hydrogen-bond acceptors (Lipinski definition) is 4. The van der Waals surface area contributed by atoms with E-state index in [1.165, 1.54) is 11.1 Å². The molecule has 0 aliphatic heterocycles. The van der Waals surface area contributed by atoms with Crippen LogP contribution in [-0.4, -0.2) is 45.2 Å². The van der Waals surface area contributed by atoms with E-state index < -0.39 is 29.0 Å². The van der Waals surface area contributed by atoms with E-state index in [4.69, 9.17) is 0 Å². The van der Waals surface area contributed by atoms with Crippen LogP contribution in [0.4, 0.5) is 0 Å². The van der Waals surface area contributed by atoms with Crippen LogP contribution >= 0.6 is 0 Å². The van der Waals surface area contributed by atoms with Crippen LogP contribution in [0.25, 0.3) is 0 Å². The Balaban J connectivity index is 1.65. The predicted molar refractivity (Wildman–Crippen MR) is 135 cm³/mol. The molecule has 0 heterocycles. The lowest BCUT2D eigenvalue weighted by atomic mass is 9.35. The molecule has 0 spiro atoms. The molecule has 0 aromatic heterocycles. The molecule has 0 saturated heterocycles. The summed E-state index contributed by atoms with van der Waals surface area (Å²) >= 11 is 0. The Hall–Kier alpha value is -1.17. The molecule has 5 rings (SSSR count). The van der Waals surface area contributed by atoms with Crippen molar-refractivity contribution in [3.8, 4) is 0 Å². The minimum Gasteiger partial charge on any atom is -0.481 e. The van der Waals surface area contributed by atoms with Gasteiger partial charge in [-0.2, -0.15) is 0 Å². The highest BCUT2D eigenvalue weighted by atomic mass is 16.4. The molecule has 3 saturated carbocycles. The molecule has 10 atom stereocenters. The fourth-order valence-corrected chi connectivity index (χ4v) is 9.99. The SMILES string of the molecule is CC12CCC3(C)C(=C1CC(C)(C(=O)O)C(O)C2)C=CC1C2(C)CCC(O)C(C)(CO)C2CCC13C. The van der Waals surface area contributed by atoms with E-state index in [-0.39, 0.29) is 34.2 Å². The maximum absolute atomic E-state index is 12.3. The first-order valence-electron chi connectivity index (χ1n) is 13.8. The van der Waals surface area contributed by atoms with Gasteiger partial charge in [0.05, 0.1) is 24.2 Å².